The molecule has 1 atom stereocenters. The Balaban J connectivity index is 1.54. The van der Waals surface area contributed by atoms with Gasteiger partial charge in [-0.05, 0) is 54.4 Å². The fraction of sp³-hybridized carbons (Fsp3) is 0.160. The van der Waals surface area contributed by atoms with Gasteiger partial charge in [0.2, 0.25) is 0 Å². The van der Waals surface area contributed by atoms with E-state index in [1.807, 2.05) is 42.1 Å². The molecule has 8 heteroatoms. The molecule has 33 heavy (non-hydrogen) atoms. The van der Waals surface area contributed by atoms with Gasteiger partial charge < -0.3 is 9.67 Å². The molecule has 0 unspecified atom stereocenters. The van der Waals surface area contributed by atoms with Crippen LogP contribution >= 0.6 is 11.3 Å². The maximum Gasteiger partial charge on any atom is 0.307 e. The van der Waals surface area contributed by atoms with Gasteiger partial charge in [-0.2, -0.15) is 0 Å². The Bertz CT molecular complexity index is 1490. The molecule has 2 heterocycles. The van der Waals surface area contributed by atoms with E-state index in [0.29, 0.717) is 10.4 Å². The standard InChI is InChI=1S/C25H20FNO4S2/c1-27-15-18(22-4-2-3-5-23(22)27)14-19(25(28)29)16-33(30,31)24-13-12-21(32-24)11-8-17-6-9-20(26)10-7-17/h2-7,9-10,12-13,15,19H,14,16H2,1H3,(H,28,29)/t19-/m0/s1. The molecule has 2 aromatic carbocycles. The molecule has 0 saturated heterocycles. The fourth-order valence-corrected chi connectivity index (χ4v) is 6.44. The van der Waals surface area contributed by atoms with E-state index >= 15 is 0 Å². The van der Waals surface area contributed by atoms with Crippen LogP contribution in [-0.4, -0.2) is 29.8 Å². The molecule has 0 aliphatic heterocycles. The van der Waals surface area contributed by atoms with Gasteiger partial charge in [0.15, 0.2) is 9.84 Å². The summed E-state index contributed by atoms with van der Waals surface area (Å²) < 4.78 is 41.0. The number of aromatic nitrogens is 1. The second kappa shape index (κ2) is 9.22. The number of halogens is 1. The molecule has 4 aromatic rings. The number of aryl methyl sites for hydroxylation is 1. The number of fused-ring (bicyclic) bond motifs is 1. The molecule has 0 saturated carbocycles. The molecule has 0 fully saturated rings. The first-order valence-electron chi connectivity index (χ1n) is 10.1. The average molecular weight is 482 g/mol. The lowest BCUT2D eigenvalue weighted by molar-refractivity contribution is -0.140. The third-order valence-electron chi connectivity index (χ3n) is 5.28. The molecule has 0 aliphatic rings. The number of para-hydroxylation sites is 1. The Labute approximate surface area is 195 Å². The first-order chi connectivity index (χ1) is 15.7. The number of aliphatic carboxylic acids is 1. The molecule has 0 aliphatic carbocycles. The van der Waals surface area contributed by atoms with Gasteiger partial charge in [0.05, 0.1) is 16.5 Å². The highest BCUT2D eigenvalue weighted by Gasteiger charge is 2.29. The zero-order chi connectivity index (χ0) is 23.6. The van der Waals surface area contributed by atoms with Crippen molar-refractivity contribution in [2.75, 3.05) is 5.75 Å². The van der Waals surface area contributed by atoms with Gasteiger partial charge in [-0.3, -0.25) is 4.79 Å². The molecule has 0 amide bonds. The molecule has 1 N–H and O–H groups in total. The van der Waals surface area contributed by atoms with Crippen LogP contribution in [0.25, 0.3) is 10.9 Å². The lowest BCUT2D eigenvalue weighted by Crippen LogP contribution is -2.25. The number of nitrogens with zero attached hydrogens (tertiary/aromatic N) is 1. The van der Waals surface area contributed by atoms with E-state index in [9.17, 15) is 22.7 Å². The van der Waals surface area contributed by atoms with E-state index in [4.69, 9.17) is 0 Å². The fourth-order valence-electron chi connectivity index (χ4n) is 3.64. The third kappa shape index (κ3) is 5.16. The number of carboxylic acid groups (broad SMARTS) is 1. The highest BCUT2D eigenvalue weighted by Crippen LogP contribution is 2.27. The van der Waals surface area contributed by atoms with Gasteiger partial charge in [0, 0.05) is 29.7 Å². The van der Waals surface area contributed by atoms with E-state index in [2.05, 4.69) is 11.8 Å². The van der Waals surface area contributed by atoms with Crippen molar-refractivity contribution < 1.29 is 22.7 Å². The van der Waals surface area contributed by atoms with Crippen LogP contribution in [0.2, 0.25) is 0 Å². The third-order valence-corrected chi connectivity index (χ3v) is 8.68. The summed E-state index contributed by atoms with van der Waals surface area (Å²) in [6.45, 7) is 0. The highest BCUT2D eigenvalue weighted by atomic mass is 32.2. The molecule has 168 valence electrons. The highest BCUT2D eigenvalue weighted by molar-refractivity contribution is 7.93. The van der Waals surface area contributed by atoms with Crippen molar-refractivity contribution in [1.29, 1.82) is 0 Å². The van der Waals surface area contributed by atoms with Crippen molar-refractivity contribution in [2.45, 2.75) is 10.6 Å². The van der Waals surface area contributed by atoms with Crippen molar-refractivity contribution in [1.82, 2.24) is 4.57 Å². The van der Waals surface area contributed by atoms with Crippen LogP contribution in [0.1, 0.15) is 16.0 Å². The van der Waals surface area contributed by atoms with Gasteiger partial charge in [0.25, 0.3) is 0 Å². The van der Waals surface area contributed by atoms with E-state index in [1.165, 1.54) is 18.2 Å². The van der Waals surface area contributed by atoms with Crippen molar-refractivity contribution in [2.24, 2.45) is 13.0 Å². The summed E-state index contributed by atoms with van der Waals surface area (Å²) in [6, 6.07) is 16.3. The topological polar surface area (TPSA) is 76.4 Å². The number of rotatable bonds is 6. The number of carbonyl (C=O) groups is 1. The second-order valence-corrected chi connectivity index (χ2v) is 11.0. The smallest absolute Gasteiger partial charge is 0.307 e. The van der Waals surface area contributed by atoms with Gasteiger partial charge in [0.1, 0.15) is 10.0 Å². The maximum absolute atomic E-state index is 13.0. The summed E-state index contributed by atoms with van der Waals surface area (Å²) in [7, 11) is -1.95. The normalized spacial score (nSPS) is 12.3. The second-order valence-electron chi connectivity index (χ2n) is 7.68. The molecule has 2 aromatic heterocycles. The molecular weight excluding hydrogens is 461 g/mol. The molecule has 4 rings (SSSR count). The van der Waals surface area contributed by atoms with E-state index < -0.39 is 27.5 Å². The Hall–Kier alpha value is -3.41. The summed E-state index contributed by atoms with van der Waals surface area (Å²) in [5.41, 5.74) is 2.37. The van der Waals surface area contributed by atoms with Crippen molar-refractivity contribution in [3.8, 4) is 11.8 Å². The largest absolute Gasteiger partial charge is 0.481 e. The lowest BCUT2D eigenvalue weighted by atomic mass is 10.0. The Morgan fingerprint density at radius 1 is 1.09 bits per heavy atom. The van der Waals surface area contributed by atoms with Crippen LogP contribution in [-0.2, 0) is 28.1 Å². The van der Waals surface area contributed by atoms with Crippen LogP contribution in [0.4, 0.5) is 4.39 Å². The van der Waals surface area contributed by atoms with E-state index in [0.717, 1.165) is 27.8 Å². The van der Waals surface area contributed by atoms with Crippen molar-refractivity contribution in [3.63, 3.8) is 0 Å². The number of hydrogen-bond donors (Lipinski definition) is 1. The summed E-state index contributed by atoms with van der Waals surface area (Å²) in [4.78, 5) is 12.5. The van der Waals surface area contributed by atoms with Gasteiger partial charge in [-0.25, -0.2) is 12.8 Å². The minimum atomic E-state index is -3.83. The number of hydrogen-bond acceptors (Lipinski definition) is 4. The quantitative estimate of drug-likeness (QED) is 0.412. The van der Waals surface area contributed by atoms with Crippen LogP contribution in [0.5, 0.6) is 0 Å². The maximum atomic E-state index is 13.0. The monoisotopic (exact) mass is 481 g/mol. The van der Waals surface area contributed by atoms with Gasteiger partial charge in [-0.15, -0.1) is 11.3 Å². The van der Waals surface area contributed by atoms with Crippen LogP contribution in [0, 0.1) is 23.6 Å². The zero-order valence-electron chi connectivity index (χ0n) is 17.7. The molecule has 0 bridgehead atoms. The number of benzene rings is 2. The summed E-state index contributed by atoms with van der Waals surface area (Å²) >= 11 is 0.996. The average Bonchev–Trinajstić information content (AvgIpc) is 3.39. The van der Waals surface area contributed by atoms with E-state index in [-0.39, 0.29) is 16.4 Å². The minimum absolute atomic E-state index is 0.0788. The molecule has 0 spiro atoms. The first kappa shape index (κ1) is 22.8. The van der Waals surface area contributed by atoms with Crippen molar-refractivity contribution >= 4 is 38.0 Å². The Morgan fingerprint density at radius 2 is 1.82 bits per heavy atom. The Kier molecular flexibility index (Phi) is 6.36. The Morgan fingerprint density at radius 3 is 2.55 bits per heavy atom. The van der Waals surface area contributed by atoms with Crippen LogP contribution in [0.15, 0.2) is 71.1 Å². The summed E-state index contributed by atoms with van der Waals surface area (Å²) in [5.74, 6) is 2.64. The van der Waals surface area contributed by atoms with E-state index in [1.54, 1.807) is 18.2 Å². The first-order valence-corrected chi connectivity index (χ1v) is 12.6. The number of sulfone groups is 1. The number of carboxylic acids is 1. The van der Waals surface area contributed by atoms with Gasteiger partial charge >= 0.3 is 5.97 Å². The summed E-state index contributed by atoms with van der Waals surface area (Å²) in [6.07, 6.45) is 1.96. The summed E-state index contributed by atoms with van der Waals surface area (Å²) in [5, 5.41) is 10.7. The SMILES string of the molecule is Cn1cc(C[C@@H](CS(=O)(=O)c2ccc(C#Cc3ccc(F)cc3)s2)C(=O)O)c2ccccc21. The molecular formula is C25H20FNO4S2. The minimum Gasteiger partial charge on any atom is -0.481 e. The van der Waals surface area contributed by atoms with Crippen molar-refractivity contribution in [3.05, 3.63) is 88.7 Å². The zero-order valence-corrected chi connectivity index (χ0v) is 19.3. The van der Waals surface area contributed by atoms with Crippen LogP contribution in [0.3, 0.4) is 0 Å². The molecule has 5 nitrogen and oxygen atoms in total. The van der Waals surface area contributed by atoms with Gasteiger partial charge in [-0.1, -0.05) is 30.0 Å². The predicted octanol–water partition coefficient (Wildman–Crippen LogP) is 4.50. The number of thiophene rings is 1. The van der Waals surface area contributed by atoms with Crippen LogP contribution < -0.4 is 0 Å². The molecule has 0 radical (unpaired) electrons. The lowest BCUT2D eigenvalue weighted by Gasteiger charge is -2.11. The predicted molar refractivity (Wildman–Crippen MR) is 127 cm³/mol.